The molecule has 0 atom stereocenters. The second-order valence-corrected chi connectivity index (χ2v) is 6.11. The van der Waals surface area contributed by atoms with Crippen LogP contribution in [-0.4, -0.2) is 29.4 Å². The highest BCUT2D eigenvalue weighted by Gasteiger charge is 2.16. The quantitative estimate of drug-likeness (QED) is 0.449. The molecule has 2 aromatic rings. The van der Waals surface area contributed by atoms with Gasteiger partial charge >= 0.3 is 5.97 Å². The molecule has 2 rings (SSSR count). The molecule has 7 nitrogen and oxygen atoms in total. The molecule has 0 saturated heterocycles. The number of furan rings is 1. The summed E-state index contributed by atoms with van der Waals surface area (Å²) in [5.41, 5.74) is 0.368. The predicted molar refractivity (Wildman–Crippen MR) is 98.2 cm³/mol. The van der Waals surface area contributed by atoms with Crippen molar-refractivity contribution >= 4 is 39.8 Å². The Labute approximate surface area is 158 Å². The Kier molecular flexibility index (Phi) is 7.16. The summed E-state index contributed by atoms with van der Waals surface area (Å²) >= 11 is 3.29. The van der Waals surface area contributed by atoms with Crippen molar-refractivity contribution in [2.75, 3.05) is 6.54 Å². The number of hydrogen-bond donors (Lipinski definition) is 3. The van der Waals surface area contributed by atoms with Gasteiger partial charge in [0.2, 0.25) is 0 Å². The number of carboxylic acid groups (broad SMARTS) is 1. The van der Waals surface area contributed by atoms with Gasteiger partial charge in [0.05, 0.1) is 11.8 Å². The Balaban J connectivity index is 2.11. The monoisotopic (exact) mass is 420 g/mol. The number of aliphatic carboxylic acids is 1. The van der Waals surface area contributed by atoms with Gasteiger partial charge in [-0.15, -0.1) is 0 Å². The molecule has 0 aliphatic heterocycles. The van der Waals surface area contributed by atoms with Crippen LogP contribution in [0.4, 0.5) is 0 Å². The largest absolute Gasteiger partial charge is 0.481 e. The number of halogens is 1. The summed E-state index contributed by atoms with van der Waals surface area (Å²) in [7, 11) is 0. The number of nitrogens with one attached hydrogen (secondary N) is 2. The summed E-state index contributed by atoms with van der Waals surface area (Å²) in [6, 6.07) is 10.1. The summed E-state index contributed by atoms with van der Waals surface area (Å²) < 4.78 is 5.78. The fourth-order valence-electron chi connectivity index (χ4n) is 2.05. The minimum absolute atomic E-state index is 0.00368. The highest BCUT2D eigenvalue weighted by molar-refractivity contribution is 9.10. The van der Waals surface area contributed by atoms with Gasteiger partial charge in [0.15, 0.2) is 0 Å². The maximum Gasteiger partial charge on any atom is 0.303 e. The first-order chi connectivity index (χ1) is 12.5. The molecule has 0 aliphatic carbocycles. The highest BCUT2D eigenvalue weighted by Crippen LogP contribution is 2.16. The summed E-state index contributed by atoms with van der Waals surface area (Å²) in [4.78, 5) is 35.4. The Morgan fingerprint density at radius 2 is 1.92 bits per heavy atom. The van der Waals surface area contributed by atoms with Crippen molar-refractivity contribution in [3.8, 4) is 0 Å². The van der Waals surface area contributed by atoms with Crippen molar-refractivity contribution in [1.29, 1.82) is 0 Å². The molecule has 0 bridgehead atoms. The lowest BCUT2D eigenvalue weighted by atomic mass is 10.2. The molecule has 0 spiro atoms. The van der Waals surface area contributed by atoms with Gasteiger partial charge in [0.1, 0.15) is 11.5 Å². The van der Waals surface area contributed by atoms with Crippen molar-refractivity contribution in [3.05, 3.63) is 64.2 Å². The summed E-state index contributed by atoms with van der Waals surface area (Å²) in [6.45, 7) is 0.172. The zero-order valence-electron chi connectivity index (χ0n) is 13.7. The topological polar surface area (TPSA) is 109 Å². The first-order valence-corrected chi connectivity index (χ1v) is 8.57. The Morgan fingerprint density at radius 3 is 2.58 bits per heavy atom. The molecule has 26 heavy (non-hydrogen) atoms. The average molecular weight is 421 g/mol. The molecule has 3 N–H and O–H groups in total. The average Bonchev–Trinajstić information content (AvgIpc) is 3.11. The number of carbonyl (C=O) groups is 3. The molecule has 0 unspecified atom stereocenters. The van der Waals surface area contributed by atoms with Gasteiger partial charge in [0.25, 0.3) is 11.8 Å². The summed E-state index contributed by atoms with van der Waals surface area (Å²) in [6.07, 6.45) is 3.08. The summed E-state index contributed by atoms with van der Waals surface area (Å²) in [5, 5.41) is 13.8. The predicted octanol–water partition coefficient (Wildman–Crippen LogP) is 2.79. The number of hydrogen-bond acceptors (Lipinski definition) is 4. The molecule has 0 fully saturated rings. The third-order valence-corrected chi connectivity index (χ3v) is 3.99. The van der Waals surface area contributed by atoms with E-state index in [0.29, 0.717) is 15.8 Å². The minimum atomic E-state index is -0.937. The van der Waals surface area contributed by atoms with E-state index in [2.05, 4.69) is 26.6 Å². The van der Waals surface area contributed by atoms with E-state index in [4.69, 9.17) is 9.52 Å². The number of carbonyl (C=O) groups excluding carboxylic acids is 2. The number of amides is 2. The van der Waals surface area contributed by atoms with Gasteiger partial charge in [-0.2, -0.15) is 0 Å². The van der Waals surface area contributed by atoms with Crippen molar-refractivity contribution in [3.63, 3.8) is 0 Å². The third-order valence-electron chi connectivity index (χ3n) is 3.29. The second kappa shape index (κ2) is 9.57. The normalized spacial score (nSPS) is 11.0. The van der Waals surface area contributed by atoms with E-state index in [9.17, 15) is 14.4 Å². The third kappa shape index (κ3) is 5.89. The van der Waals surface area contributed by atoms with E-state index >= 15 is 0 Å². The maximum atomic E-state index is 12.5. The molecule has 0 saturated carbocycles. The van der Waals surface area contributed by atoms with Crippen LogP contribution in [-0.2, 0) is 9.59 Å². The molecule has 1 aromatic heterocycles. The lowest BCUT2D eigenvalue weighted by Crippen LogP contribution is -2.35. The van der Waals surface area contributed by atoms with E-state index in [0.717, 1.165) is 0 Å². The molecule has 136 valence electrons. The molecule has 0 radical (unpaired) electrons. The second-order valence-electron chi connectivity index (χ2n) is 5.26. The van der Waals surface area contributed by atoms with Crippen LogP contribution >= 0.6 is 15.9 Å². The maximum absolute atomic E-state index is 12.5. The van der Waals surface area contributed by atoms with Crippen molar-refractivity contribution in [2.45, 2.75) is 12.8 Å². The lowest BCUT2D eigenvalue weighted by Gasteiger charge is -2.11. The van der Waals surface area contributed by atoms with E-state index in [1.54, 1.807) is 36.4 Å². The molecular formula is C18H17BrN2O5. The van der Waals surface area contributed by atoms with Gasteiger partial charge in [-0.25, -0.2) is 0 Å². The zero-order valence-corrected chi connectivity index (χ0v) is 15.3. The van der Waals surface area contributed by atoms with Crippen LogP contribution in [0.3, 0.4) is 0 Å². The first kappa shape index (κ1) is 19.5. The van der Waals surface area contributed by atoms with Crippen LogP contribution in [0.2, 0.25) is 0 Å². The van der Waals surface area contributed by atoms with Gasteiger partial charge in [0, 0.05) is 23.5 Å². The standard InChI is InChI=1S/C18H17BrN2O5/c19-14-7-2-1-6-13(14)17(24)21-15(11-12-5-4-10-26-12)18(25)20-9-3-8-16(22)23/h1-2,4-7,10-11H,3,8-9H2,(H,20,25)(H,21,24)(H,22,23). The van der Waals surface area contributed by atoms with E-state index in [1.807, 2.05) is 0 Å². The Bertz CT molecular complexity index is 815. The Hall–Kier alpha value is -2.87. The lowest BCUT2D eigenvalue weighted by molar-refractivity contribution is -0.137. The molecule has 0 aliphatic rings. The van der Waals surface area contributed by atoms with E-state index < -0.39 is 17.8 Å². The molecule has 1 heterocycles. The van der Waals surface area contributed by atoms with Gasteiger partial charge < -0.3 is 20.2 Å². The zero-order chi connectivity index (χ0) is 18.9. The van der Waals surface area contributed by atoms with Crippen LogP contribution in [0.1, 0.15) is 29.0 Å². The number of rotatable bonds is 8. The fourth-order valence-corrected chi connectivity index (χ4v) is 2.51. The van der Waals surface area contributed by atoms with Crippen LogP contribution < -0.4 is 10.6 Å². The molecule has 8 heteroatoms. The van der Waals surface area contributed by atoms with Crippen LogP contribution in [0.15, 0.2) is 57.2 Å². The van der Waals surface area contributed by atoms with Crippen molar-refractivity contribution < 1.29 is 23.9 Å². The highest BCUT2D eigenvalue weighted by atomic mass is 79.9. The molecular weight excluding hydrogens is 404 g/mol. The van der Waals surface area contributed by atoms with Crippen LogP contribution in [0.5, 0.6) is 0 Å². The summed E-state index contributed by atoms with van der Waals surface area (Å²) in [5.74, 6) is -1.54. The number of carboxylic acids is 1. The van der Waals surface area contributed by atoms with Crippen LogP contribution in [0, 0.1) is 0 Å². The van der Waals surface area contributed by atoms with Gasteiger partial charge in [-0.05, 0) is 46.6 Å². The van der Waals surface area contributed by atoms with Gasteiger partial charge in [-0.1, -0.05) is 12.1 Å². The molecule has 1 aromatic carbocycles. The SMILES string of the molecule is O=C(O)CCCNC(=O)C(=Cc1ccco1)NC(=O)c1ccccc1Br. The van der Waals surface area contributed by atoms with Crippen molar-refractivity contribution in [2.24, 2.45) is 0 Å². The molecule has 2 amide bonds. The van der Waals surface area contributed by atoms with Gasteiger partial charge in [-0.3, -0.25) is 14.4 Å². The number of benzene rings is 1. The minimum Gasteiger partial charge on any atom is -0.481 e. The smallest absolute Gasteiger partial charge is 0.303 e. The van der Waals surface area contributed by atoms with E-state index in [1.165, 1.54) is 12.3 Å². The van der Waals surface area contributed by atoms with Crippen molar-refractivity contribution in [1.82, 2.24) is 10.6 Å². The van der Waals surface area contributed by atoms with E-state index in [-0.39, 0.29) is 25.1 Å². The van der Waals surface area contributed by atoms with Crippen LogP contribution in [0.25, 0.3) is 6.08 Å². The fraction of sp³-hybridized carbons (Fsp3) is 0.167. The first-order valence-electron chi connectivity index (χ1n) is 7.78. The Morgan fingerprint density at radius 1 is 1.15 bits per heavy atom.